The predicted octanol–water partition coefficient (Wildman–Crippen LogP) is 2.89. The number of hydrogen-bond acceptors (Lipinski definition) is 2. The van der Waals surface area contributed by atoms with Gasteiger partial charge in [-0.05, 0) is 31.0 Å². The van der Waals surface area contributed by atoms with Gasteiger partial charge in [0.15, 0.2) is 0 Å². The smallest absolute Gasteiger partial charge is 0.0601 e. The molecule has 1 fully saturated rings. The van der Waals surface area contributed by atoms with Gasteiger partial charge in [0, 0.05) is 17.6 Å². The lowest BCUT2D eigenvalue weighted by atomic mass is 9.95. The molecule has 0 amide bonds. The summed E-state index contributed by atoms with van der Waals surface area (Å²) >= 11 is 3.59. The van der Waals surface area contributed by atoms with Gasteiger partial charge in [0.25, 0.3) is 0 Å². The number of rotatable bonds is 2. The van der Waals surface area contributed by atoms with Crippen LogP contribution >= 0.6 is 15.9 Å². The molecule has 1 aliphatic heterocycles. The van der Waals surface area contributed by atoms with Gasteiger partial charge >= 0.3 is 0 Å². The molecule has 0 bridgehead atoms. The van der Waals surface area contributed by atoms with E-state index in [1.807, 2.05) is 6.07 Å². The Morgan fingerprint density at radius 1 is 1.40 bits per heavy atom. The molecule has 2 nitrogen and oxygen atoms in total. The van der Waals surface area contributed by atoms with Crippen molar-refractivity contribution in [1.82, 2.24) is 5.32 Å². The van der Waals surface area contributed by atoms with Crippen LogP contribution in [0.4, 0.5) is 0 Å². The van der Waals surface area contributed by atoms with E-state index >= 15 is 0 Å². The van der Waals surface area contributed by atoms with E-state index in [2.05, 4.69) is 39.4 Å². The molecule has 2 atom stereocenters. The summed E-state index contributed by atoms with van der Waals surface area (Å²) in [5.41, 5.74) is 1.33. The Hall–Kier alpha value is -0.380. The molecule has 1 saturated heterocycles. The second kappa shape index (κ2) is 5.10. The summed E-state index contributed by atoms with van der Waals surface area (Å²) in [4.78, 5) is 0. The van der Waals surface area contributed by atoms with E-state index in [0.29, 0.717) is 12.1 Å². The van der Waals surface area contributed by atoms with Gasteiger partial charge in [0.1, 0.15) is 0 Å². The summed E-state index contributed by atoms with van der Waals surface area (Å²) < 4.78 is 6.61. The number of piperidine rings is 1. The highest BCUT2D eigenvalue weighted by Gasteiger charge is 2.23. The lowest BCUT2D eigenvalue weighted by molar-refractivity contribution is 0.0618. The van der Waals surface area contributed by atoms with Crippen molar-refractivity contribution >= 4 is 15.9 Å². The van der Waals surface area contributed by atoms with Crippen molar-refractivity contribution in [1.29, 1.82) is 0 Å². The highest BCUT2D eigenvalue weighted by atomic mass is 79.9. The minimum absolute atomic E-state index is 0.392. The first-order valence-electron chi connectivity index (χ1n) is 5.32. The van der Waals surface area contributed by atoms with Crippen molar-refractivity contribution in [2.24, 2.45) is 0 Å². The first-order valence-corrected chi connectivity index (χ1v) is 6.11. The van der Waals surface area contributed by atoms with E-state index in [0.717, 1.165) is 19.4 Å². The van der Waals surface area contributed by atoms with E-state index in [4.69, 9.17) is 4.74 Å². The molecular weight excluding hydrogens is 254 g/mol. The Morgan fingerprint density at radius 2 is 2.20 bits per heavy atom. The fourth-order valence-electron chi connectivity index (χ4n) is 2.09. The molecule has 0 aromatic heterocycles. The fourth-order valence-corrected chi connectivity index (χ4v) is 2.65. The average molecular weight is 270 g/mol. The Labute approximate surface area is 99.1 Å². The van der Waals surface area contributed by atoms with E-state index in [1.165, 1.54) is 10.0 Å². The first kappa shape index (κ1) is 11.1. The Bertz CT molecular complexity index is 329. The van der Waals surface area contributed by atoms with Gasteiger partial charge in [-0.3, -0.25) is 0 Å². The lowest BCUT2D eigenvalue weighted by Gasteiger charge is -2.30. The van der Waals surface area contributed by atoms with Crippen molar-refractivity contribution in [2.45, 2.75) is 25.0 Å². The van der Waals surface area contributed by atoms with Crippen LogP contribution in [-0.2, 0) is 4.74 Å². The summed E-state index contributed by atoms with van der Waals surface area (Å²) in [6, 6.07) is 8.80. The van der Waals surface area contributed by atoms with Gasteiger partial charge < -0.3 is 10.1 Å². The third kappa shape index (κ3) is 2.60. The minimum atomic E-state index is 0.392. The molecule has 2 unspecified atom stereocenters. The molecule has 15 heavy (non-hydrogen) atoms. The van der Waals surface area contributed by atoms with Gasteiger partial charge in [-0.25, -0.2) is 0 Å². The fraction of sp³-hybridized carbons (Fsp3) is 0.500. The standard InChI is InChI=1S/C12H16BrNO/c1-15-9-6-7-14-12(8-9)10-4-2-3-5-11(10)13/h2-5,9,12,14H,6-8H2,1H3. The Morgan fingerprint density at radius 3 is 2.93 bits per heavy atom. The van der Waals surface area contributed by atoms with E-state index in [1.54, 1.807) is 7.11 Å². The molecular formula is C12H16BrNO. The van der Waals surface area contributed by atoms with Crippen LogP contribution in [0.5, 0.6) is 0 Å². The molecule has 0 radical (unpaired) electrons. The topological polar surface area (TPSA) is 21.3 Å². The predicted molar refractivity (Wildman–Crippen MR) is 64.9 cm³/mol. The summed E-state index contributed by atoms with van der Waals surface area (Å²) in [5, 5.41) is 3.53. The summed E-state index contributed by atoms with van der Waals surface area (Å²) in [6.07, 6.45) is 2.56. The molecule has 1 heterocycles. The van der Waals surface area contributed by atoms with Crippen LogP contribution in [0.3, 0.4) is 0 Å². The maximum atomic E-state index is 5.43. The van der Waals surface area contributed by atoms with Gasteiger partial charge in [0.2, 0.25) is 0 Å². The molecule has 1 N–H and O–H groups in total. The van der Waals surface area contributed by atoms with Crippen molar-refractivity contribution in [3.8, 4) is 0 Å². The number of halogens is 1. The molecule has 1 aromatic carbocycles. The zero-order valence-corrected chi connectivity index (χ0v) is 10.5. The highest BCUT2D eigenvalue weighted by Crippen LogP contribution is 2.29. The van der Waals surface area contributed by atoms with Gasteiger partial charge in [-0.1, -0.05) is 34.1 Å². The van der Waals surface area contributed by atoms with Crippen LogP contribution in [0.1, 0.15) is 24.4 Å². The third-order valence-corrected chi connectivity index (χ3v) is 3.69. The zero-order valence-electron chi connectivity index (χ0n) is 8.87. The Balaban J connectivity index is 2.13. The second-order valence-electron chi connectivity index (χ2n) is 3.91. The van der Waals surface area contributed by atoms with Gasteiger partial charge in [-0.15, -0.1) is 0 Å². The summed E-state index contributed by atoms with van der Waals surface area (Å²) in [7, 11) is 1.80. The Kier molecular flexibility index (Phi) is 3.78. The largest absolute Gasteiger partial charge is 0.381 e. The lowest BCUT2D eigenvalue weighted by Crippen LogP contribution is -2.35. The van der Waals surface area contributed by atoms with Crippen molar-refractivity contribution in [2.75, 3.05) is 13.7 Å². The van der Waals surface area contributed by atoms with Crippen molar-refractivity contribution < 1.29 is 4.74 Å². The second-order valence-corrected chi connectivity index (χ2v) is 4.76. The number of ether oxygens (including phenoxy) is 1. The average Bonchev–Trinajstić information content (AvgIpc) is 2.30. The maximum Gasteiger partial charge on any atom is 0.0601 e. The van der Waals surface area contributed by atoms with Crippen LogP contribution < -0.4 is 5.32 Å². The van der Waals surface area contributed by atoms with Gasteiger partial charge in [0.05, 0.1) is 6.10 Å². The normalized spacial score (nSPS) is 26.5. The maximum absolute atomic E-state index is 5.43. The van der Waals surface area contributed by atoms with Crippen LogP contribution in [0, 0.1) is 0 Å². The molecule has 0 spiro atoms. The summed E-state index contributed by atoms with van der Waals surface area (Å²) in [5.74, 6) is 0. The van der Waals surface area contributed by atoms with Crippen LogP contribution in [0.25, 0.3) is 0 Å². The molecule has 0 saturated carbocycles. The number of benzene rings is 1. The quantitative estimate of drug-likeness (QED) is 0.892. The van der Waals surface area contributed by atoms with Crippen molar-refractivity contribution in [3.05, 3.63) is 34.3 Å². The number of methoxy groups -OCH3 is 1. The number of hydrogen-bond donors (Lipinski definition) is 1. The SMILES string of the molecule is COC1CCNC(c2ccccc2Br)C1. The number of nitrogens with one attached hydrogen (secondary N) is 1. The van der Waals surface area contributed by atoms with Crippen molar-refractivity contribution in [3.63, 3.8) is 0 Å². The zero-order chi connectivity index (χ0) is 10.7. The summed E-state index contributed by atoms with van der Waals surface area (Å²) in [6.45, 7) is 1.03. The molecule has 82 valence electrons. The molecule has 0 aliphatic carbocycles. The highest BCUT2D eigenvalue weighted by molar-refractivity contribution is 9.10. The van der Waals surface area contributed by atoms with E-state index in [-0.39, 0.29) is 0 Å². The van der Waals surface area contributed by atoms with Crippen LogP contribution in [-0.4, -0.2) is 19.8 Å². The van der Waals surface area contributed by atoms with Gasteiger partial charge in [-0.2, -0.15) is 0 Å². The minimum Gasteiger partial charge on any atom is -0.381 e. The monoisotopic (exact) mass is 269 g/mol. The molecule has 1 aromatic rings. The third-order valence-electron chi connectivity index (χ3n) is 2.97. The molecule has 1 aliphatic rings. The van der Waals surface area contributed by atoms with E-state index in [9.17, 15) is 0 Å². The molecule has 3 heteroatoms. The van der Waals surface area contributed by atoms with Crippen LogP contribution in [0.15, 0.2) is 28.7 Å². The van der Waals surface area contributed by atoms with E-state index < -0.39 is 0 Å². The molecule has 2 rings (SSSR count). The first-order chi connectivity index (χ1) is 7.31. The van der Waals surface area contributed by atoms with Crippen LogP contribution in [0.2, 0.25) is 0 Å².